The number of unbranched alkanes of at least 4 members (excludes halogenated alkanes) is 1. The highest BCUT2D eigenvalue weighted by Crippen LogP contribution is 2.11. The van der Waals surface area contributed by atoms with E-state index in [9.17, 15) is 4.79 Å². The maximum atomic E-state index is 11.4. The maximum Gasteiger partial charge on any atom is 0.306 e. The molecular weight excluding hydrogens is 268 g/mol. The number of ether oxygens (including phenoxy) is 2. The van der Waals surface area contributed by atoms with Crippen LogP contribution in [-0.2, 0) is 9.53 Å². The molecule has 1 rings (SSSR count). The number of nitrogens with zero attached hydrogens (tertiary/aromatic N) is 2. The molecule has 0 spiro atoms. The number of halogens is 1. The normalized spacial score (nSPS) is 11.2. The van der Waals surface area contributed by atoms with Crippen molar-refractivity contribution in [3.05, 3.63) is 17.7 Å². The molecule has 0 saturated carbocycles. The van der Waals surface area contributed by atoms with Gasteiger partial charge in [-0.05, 0) is 45.2 Å². The topological polar surface area (TPSA) is 61.3 Å². The Morgan fingerprint density at radius 2 is 1.89 bits per heavy atom. The van der Waals surface area contributed by atoms with Crippen molar-refractivity contribution in [2.24, 2.45) is 0 Å². The standard InChI is InChI=1S/C13H19ClN2O3/c1-13(2,3)19-11(17)6-4-5-7-18-10-8-15-12(14)16-9-10/h8-9H,4-7H2,1-3H3. The smallest absolute Gasteiger partial charge is 0.306 e. The van der Waals surface area contributed by atoms with Crippen molar-refractivity contribution in [2.75, 3.05) is 6.61 Å². The van der Waals surface area contributed by atoms with Gasteiger partial charge in [0.2, 0.25) is 5.28 Å². The number of hydrogen-bond donors (Lipinski definition) is 0. The third-order valence-corrected chi connectivity index (χ3v) is 2.26. The minimum absolute atomic E-state index is 0.178. The van der Waals surface area contributed by atoms with Crippen LogP contribution in [0.4, 0.5) is 0 Å². The zero-order valence-corrected chi connectivity index (χ0v) is 12.2. The predicted molar refractivity (Wildman–Crippen MR) is 72.2 cm³/mol. The Morgan fingerprint density at radius 3 is 2.47 bits per heavy atom. The maximum absolute atomic E-state index is 11.4. The molecule has 0 bridgehead atoms. The molecule has 6 heteroatoms. The van der Waals surface area contributed by atoms with Crippen LogP contribution < -0.4 is 4.74 Å². The van der Waals surface area contributed by atoms with Gasteiger partial charge in [-0.3, -0.25) is 4.79 Å². The van der Waals surface area contributed by atoms with E-state index in [1.165, 1.54) is 12.4 Å². The van der Waals surface area contributed by atoms with Crippen LogP contribution in [0.25, 0.3) is 0 Å². The first-order valence-corrected chi connectivity index (χ1v) is 6.57. The molecule has 0 fully saturated rings. The van der Waals surface area contributed by atoms with Crippen molar-refractivity contribution in [2.45, 2.75) is 45.6 Å². The molecule has 0 aromatic carbocycles. The van der Waals surface area contributed by atoms with Gasteiger partial charge in [0.25, 0.3) is 0 Å². The summed E-state index contributed by atoms with van der Waals surface area (Å²) in [6.07, 6.45) is 4.93. The van der Waals surface area contributed by atoms with E-state index in [-0.39, 0.29) is 11.3 Å². The molecule has 0 amide bonds. The Balaban J connectivity index is 2.11. The minimum atomic E-state index is -0.422. The van der Waals surface area contributed by atoms with Crippen LogP contribution in [0.1, 0.15) is 40.0 Å². The summed E-state index contributed by atoms with van der Waals surface area (Å²) in [6.45, 7) is 6.07. The summed E-state index contributed by atoms with van der Waals surface area (Å²) in [5.74, 6) is 0.393. The van der Waals surface area contributed by atoms with Crippen molar-refractivity contribution in [1.29, 1.82) is 0 Å². The lowest BCUT2D eigenvalue weighted by Gasteiger charge is -2.19. The molecule has 0 saturated heterocycles. The van der Waals surface area contributed by atoms with Gasteiger partial charge in [-0.1, -0.05) is 0 Å². The predicted octanol–water partition coefficient (Wildman–Crippen LogP) is 3.02. The van der Waals surface area contributed by atoms with E-state index in [1.807, 2.05) is 20.8 Å². The van der Waals surface area contributed by atoms with Crippen LogP contribution in [0.3, 0.4) is 0 Å². The van der Waals surface area contributed by atoms with E-state index in [0.29, 0.717) is 18.8 Å². The fourth-order valence-corrected chi connectivity index (χ4v) is 1.43. The SMILES string of the molecule is CC(C)(C)OC(=O)CCCCOc1cnc(Cl)nc1. The van der Waals surface area contributed by atoms with Gasteiger partial charge in [-0.2, -0.15) is 0 Å². The van der Waals surface area contributed by atoms with Gasteiger partial charge in [0.15, 0.2) is 5.75 Å². The van der Waals surface area contributed by atoms with Crippen LogP contribution in [0.5, 0.6) is 5.75 Å². The van der Waals surface area contributed by atoms with E-state index in [1.54, 1.807) is 0 Å². The molecule has 106 valence electrons. The summed E-state index contributed by atoms with van der Waals surface area (Å²) in [5, 5.41) is 0.192. The van der Waals surface area contributed by atoms with E-state index < -0.39 is 5.60 Å². The van der Waals surface area contributed by atoms with E-state index >= 15 is 0 Å². The number of esters is 1. The van der Waals surface area contributed by atoms with Crippen molar-refractivity contribution >= 4 is 17.6 Å². The highest BCUT2D eigenvalue weighted by Gasteiger charge is 2.15. The van der Waals surface area contributed by atoms with Gasteiger partial charge in [0, 0.05) is 6.42 Å². The average Bonchev–Trinajstić information content (AvgIpc) is 2.29. The fourth-order valence-electron chi connectivity index (χ4n) is 1.33. The molecule has 0 aliphatic heterocycles. The molecule has 0 aliphatic rings. The van der Waals surface area contributed by atoms with Gasteiger partial charge in [-0.15, -0.1) is 0 Å². The monoisotopic (exact) mass is 286 g/mol. The van der Waals surface area contributed by atoms with Crippen LogP contribution in [0.15, 0.2) is 12.4 Å². The molecule has 0 N–H and O–H groups in total. The molecule has 0 atom stereocenters. The number of carbonyl (C=O) groups excluding carboxylic acids is 1. The number of carbonyl (C=O) groups is 1. The first kappa shape index (κ1) is 15.7. The zero-order valence-electron chi connectivity index (χ0n) is 11.5. The van der Waals surface area contributed by atoms with Crippen LogP contribution >= 0.6 is 11.6 Å². The van der Waals surface area contributed by atoms with Crippen molar-refractivity contribution < 1.29 is 14.3 Å². The molecule has 5 nitrogen and oxygen atoms in total. The van der Waals surface area contributed by atoms with Gasteiger partial charge in [-0.25, -0.2) is 9.97 Å². The van der Waals surface area contributed by atoms with Gasteiger partial charge < -0.3 is 9.47 Å². The Bertz CT molecular complexity index is 401. The molecule has 19 heavy (non-hydrogen) atoms. The minimum Gasteiger partial charge on any atom is -0.490 e. The molecular formula is C13H19ClN2O3. The second-order valence-electron chi connectivity index (χ2n) is 5.08. The van der Waals surface area contributed by atoms with Gasteiger partial charge >= 0.3 is 5.97 Å². The van der Waals surface area contributed by atoms with Crippen molar-refractivity contribution in [3.63, 3.8) is 0 Å². The largest absolute Gasteiger partial charge is 0.490 e. The Hall–Kier alpha value is -1.36. The third kappa shape index (κ3) is 7.62. The van der Waals surface area contributed by atoms with E-state index in [0.717, 1.165) is 12.8 Å². The summed E-state index contributed by atoms with van der Waals surface area (Å²) < 4.78 is 10.6. The Labute approximate surface area is 118 Å². The Morgan fingerprint density at radius 1 is 1.26 bits per heavy atom. The van der Waals surface area contributed by atoms with Crippen molar-refractivity contribution in [3.8, 4) is 5.75 Å². The summed E-state index contributed by atoms with van der Waals surface area (Å²) >= 11 is 5.55. The second kappa shape index (κ2) is 7.28. The van der Waals surface area contributed by atoms with Crippen LogP contribution in [-0.4, -0.2) is 28.1 Å². The highest BCUT2D eigenvalue weighted by molar-refractivity contribution is 6.28. The quantitative estimate of drug-likeness (QED) is 0.457. The third-order valence-electron chi connectivity index (χ3n) is 2.06. The molecule has 1 aromatic heterocycles. The van der Waals surface area contributed by atoms with Crippen LogP contribution in [0, 0.1) is 0 Å². The number of hydrogen-bond acceptors (Lipinski definition) is 5. The lowest BCUT2D eigenvalue weighted by Crippen LogP contribution is -2.23. The average molecular weight is 287 g/mol. The van der Waals surface area contributed by atoms with Crippen molar-refractivity contribution in [1.82, 2.24) is 9.97 Å². The molecule has 0 radical (unpaired) electrons. The van der Waals surface area contributed by atoms with Gasteiger partial charge in [0.05, 0.1) is 19.0 Å². The summed E-state index contributed by atoms with van der Waals surface area (Å²) in [5.41, 5.74) is -0.422. The number of aromatic nitrogens is 2. The van der Waals surface area contributed by atoms with Gasteiger partial charge in [0.1, 0.15) is 5.60 Å². The lowest BCUT2D eigenvalue weighted by molar-refractivity contribution is -0.154. The molecule has 1 heterocycles. The molecule has 0 unspecified atom stereocenters. The molecule has 0 aliphatic carbocycles. The first-order valence-electron chi connectivity index (χ1n) is 6.19. The summed E-state index contributed by atoms with van der Waals surface area (Å²) in [7, 11) is 0. The fraction of sp³-hybridized carbons (Fsp3) is 0.615. The van der Waals surface area contributed by atoms with E-state index in [4.69, 9.17) is 21.1 Å². The van der Waals surface area contributed by atoms with E-state index in [2.05, 4.69) is 9.97 Å². The second-order valence-corrected chi connectivity index (χ2v) is 5.42. The van der Waals surface area contributed by atoms with Crippen LogP contribution in [0.2, 0.25) is 5.28 Å². The zero-order chi connectivity index (χ0) is 14.3. The number of rotatable bonds is 6. The summed E-state index contributed by atoms with van der Waals surface area (Å²) in [4.78, 5) is 19.0. The highest BCUT2D eigenvalue weighted by atomic mass is 35.5. The molecule has 1 aromatic rings. The Kier molecular flexibility index (Phi) is 6.02. The lowest BCUT2D eigenvalue weighted by atomic mass is 10.2. The summed E-state index contributed by atoms with van der Waals surface area (Å²) in [6, 6.07) is 0. The first-order chi connectivity index (χ1) is 8.87.